The molecule has 0 aromatic heterocycles. The van der Waals surface area contributed by atoms with Gasteiger partial charge in [0.05, 0.1) is 22.8 Å². The van der Waals surface area contributed by atoms with E-state index in [9.17, 15) is 4.39 Å². The van der Waals surface area contributed by atoms with Crippen molar-refractivity contribution in [2.24, 2.45) is 0 Å². The molecule has 0 aliphatic heterocycles. The Labute approximate surface area is 145 Å². The highest BCUT2D eigenvalue weighted by Crippen LogP contribution is 2.40. The molecule has 0 bridgehead atoms. The van der Waals surface area contributed by atoms with Crippen molar-refractivity contribution < 1.29 is 8.82 Å². The first-order valence-corrected chi connectivity index (χ1v) is 23.7. The highest BCUT2D eigenvalue weighted by Gasteiger charge is 2.65. The Balaban J connectivity index is 3.54. The molecule has 1 aromatic carbocycles. The van der Waals surface area contributed by atoms with Crippen LogP contribution in [0.5, 0.6) is 0 Å². The molecule has 0 heterocycles. The van der Waals surface area contributed by atoms with Gasteiger partial charge in [-0.2, -0.15) is 0 Å². The lowest BCUT2D eigenvalue weighted by molar-refractivity contribution is 0.525. The van der Waals surface area contributed by atoms with E-state index >= 15 is 0 Å². The van der Waals surface area contributed by atoms with Crippen molar-refractivity contribution >= 4 is 35.4 Å². The van der Waals surface area contributed by atoms with Crippen LogP contribution in [0.2, 0.25) is 58.9 Å². The summed E-state index contributed by atoms with van der Waals surface area (Å²) in [4.78, 5) is 0. The minimum atomic E-state index is -2.06. The van der Waals surface area contributed by atoms with Crippen LogP contribution >= 0.6 is 0 Å². The molecule has 0 aliphatic carbocycles. The Morgan fingerprint density at radius 2 is 1.17 bits per heavy atom. The van der Waals surface area contributed by atoms with Crippen molar-refractivity contribution in [2.75, 3.05) is 0 Å². The molecule has 6 heteroatoms. The van der Waals surface area contributed by atoms with E-state index in [1.165, 1.54) is 0 Å². The molecule has 1 rings (SSSR count). The molecule has 1 aromatic rings. The lowest BCUT2D eigenvalue weighted by Crippen LogP contribution is -2.84. The summed E-state index contributed by atoms with van der Waals surface area (Å²) in [6.45, 7) is 19.9. The van der Waals surface area contributed by atoms with Gasteiger partial charge < -0.3 is 4.43 Å². The van der Waals surface area contributed by atoms with Crippen LogP contribution in [-0.4, -0.2) is 29.6 Å². The highest BCUT2D eigenvalue weighted by atomic mass is 29.9. The van der Waals surface area contributed by atoms with Crippen LogP contribution < -0.4 is 0 Å². The lowest BCUT2D eigenvalue weighted by atomic mass is 10.2. The average molecular weight is 385 g/mol. The normalized spacial score (nSPS) is 14.8. The third kappa shape index (κ3) is 3.97. The first kappa shape index (κ1) is 20.6. The molecule has 0 spiro atoms. The van der Waals surface area contributed by atoms with E-state index in [0.29, 0.717) is 12.1 Å². The molecule has 0 radical (unpaired) electrons. The molecule has 0 aliphatic rings. The van der Waals surface area contributed by atoms with Crippen molar-refractivity contribution in [2.45, 2.75) is 58.9 Å². The highest BCUT2D eigenvalue weighted by molar-refractivity contribution is 7.87. The Hall–Kier alpha value is -0.442. The maximum absolute atomic E-state index is 13.8. The first-order valence-electron chi connectivity index (χ1n) is 8.33. The first-order chi connectivity index (χ1) is 10.3. The Morgan fingerprint density at radius 1 is 0.783 bits per heavy atom. The van der Waals surface area contributed by atoms with E-state index < -0.39 is 29.6 Å². The van der Waals surface area contributed by atoms with E-state index in [4.69, 9.17) is 4.43 Å². The molecule has 23 heavy (non-hydrogen) atoms. The molecule has 0 fully saturated rings. The fourth-order valence-electron chi connectivity index (χ4n) is 4.75. The number of hydrogen-bond acceptors (Lipinski definition) is 1. The van der Waals surface area contributed by atoms with Crippen LogP contribution in [0.1, 0.15) is 5.56 Å². The number of benzene rings is 1. The number of rotatable bonds is 6. The Kier molecular flexibility index (Phi) is 6.11. The quantitative estimate of drug-likeness (QED) is 0.421. The van der Waals surface area contributed by atoms with Gasteiger partial charge in [-0.3, -0.25) is 0 Å². The van der Waals surface area contributed by atoms with Crippen molar-refractivity contribution in [3.8, 4) is 0 Å². The second kappa shape index (κ2) is 6.82. The van der Waals surface area contributed by atoms with Gasteiger partial charge in [-0.15, -0.1) is 0 Å². The molecular weight excluding hydrogens is 352 g/mol. The minimum Gasteiger partial charge on any atom is -0.550 e. The van der Waals surface area contributed by atoms with Crippen LogP contribution in [0.3, 0.4) is 0 Å². The summed E-state index contributed by atoms with van der Waals surface area (Å²) in [7, 11) is -4.76. The van der Waals surface area contributed by atoms with E-state index in [1.54, 1.807) is 0 Å². The van der Waals surface area contributed by atoms with Gasteiger partial charge in [0, 0.05) is 5.56 Å². The number of hydrogen-bond donors (Lipinski definition) is 0. The number of halogens is 1. The summed E-state index contributed by atoms with van der Waals surface area (Å²) in [5.74, 6) is 0.463. The fourth-order valence-corrected chi connectivity index (χ4v) is 97.7. The van der Waals surface area contributed by atoms with Crippen molar-refractivity contribution in [3.05, 3.63) is 42.2 Å². The second-order valence-corrected chi connectivity index (χ2v) is 48.8. The van der Waals surface area contributed by atoms with Crippen LogP contribution in [0, 0.1) is 0 Å². The zero-order valence-electron chi connectivity index (χ0n) is 16.3. The van der Waals surface area contributed by atoms with Gasteiger partial charge in [0.1, 0.15) is 12.1 Å². The topological polar surface area (TPSA) is 9.23 Å². The van der Waals surface area contributed by atoms with Gasteiger partial charge in [0.25, 0.3) is 0 Å². The maximum atomic E-state index is 13.8. The van der Waals surface area contributed by atoms with E-state index in [1.807, 2.05) is 30.3 Å². The van der Waals surface area contributed by atoms with E-state index in [2.05, 4.69) is 58.9 Å². The summed E-state index contributed by atoms with van der Waals surface area (Å²) in [5.41, 5.74) is 0.863. The van der Waals surface area contributed by atoms with Crippen LogP contribution in [-0.2, 0) is 4.43 Å². The summed E-state index contributed by atoms with van der Waals surface area (Å²) in [6.07, 6.45) is 0.692. The van der Waals surface area contributed by atoms with Crippen LogP contribution in [0.25, 0.3) is 5.76 Å². The lowest BCUT2D eigenvalue weighted by Gasteiger charge is -2.56. The van der Waals surface area contributed by atoms with Crippen LogP contribution in [0.4, 0.5) is 4.39 Å². The average Bonchev–Trinajstić information content (AvgIpc) is 2.36. The summed E-state index contributed by atoms with van der Waals surface area (Å²) >= 11 is 0. The predicted molar refractivity (Wildman–Crippen MR) is 112 cm³/mol. The fraction of sp³-hybridized carbons (Fsp3) is 0.529. The minimum absolute atomic E-state index is 0.463. The Bertz CT molecular complexity index is 515. The van der Waals surface area contributed by atoms with Crippen molar-refractivity contribution in [3.63, 3.8) is 0 Å². The molecule has 0 N–H and O–H groups in total. The molecule has 130 valence electrons. The van der Waals surface area contributed by atoms with Crippen molar-refractivity contribution in [1.82, 2.24) is 0 Å². The van der Waals surface area contributed by atoms with Gasteiger partial charge in [0.2, 0.25) is 6.87 Å². The molecule has 0 amide bonds. The summed E-state index contributed by atoms with van der Waals surface area (Å²) in [6, 6.07) is 9.75. The summed E-state index contributed by atoms with van der Waals surface area (Å²) in [5, 5.41) is 0. The molecule has 0 atom stereocenters. The van der Waals surface area contributed by atoms with Crippen LogP contribution in [0.15, 0.2) is 36.7 Å². The molecule has 0 saturated carbocycles. The SMILES string of the molecule is C[Si](C)(C)[Si](O/C(=C\F)c1ccccc1)([Si](C)(C)C)[Si](C)(C)C. The second-order valence-electron chi connectivity index (χ2n) is 9.37. The smallest absolute Gasteiger partial charge is 0.206 e. The van der Waals surface area contributed by atoms with E-state index in [0.717, 1.165) is 5.56 Å². The van der Waals surface area contributed by atoms with Crippen molar-refractivity contribution in [1.29, 1.82) is 0 Å². The maximum Gasteiger partial charge on any atom is 0.206 e. The zero-order chi connectivity index (χ0) is 18.1. The van der Waals surface area contributed by atoms with Gasteiger partial charge >= 0.3 is 0 Å². The third-order valence-corrected chi connectivity index (χ3v) is 71.9. The molecule has 1 nitrogen and oxygen atoms in total. The van der Waals surface area contributed by atoms with E-state index in [-0.39, 0.29) is 0 Å². The van der Waals surface area contributed by atoms with Gasteiger partial charge in [-0.1, -0.05) is 89.3 Å². The van der Waals surface area contributed by atoms with Gasteiger partial charge in [-0.25, -0.2) is 4.39 Å². The Morgan fingerprint density at radius 3 is 1.48 bits per heavy atom. The third-order valence-electron chi connectivity index (χ3n) is 4.59. The predicted octanol–water partition coefficient (Wildman–Crippen LogP) is 6.17. The largest absolute Gasteiger partial charge is 0.550 e. The van der Waals surface area contributed by atoms with Gasteiger partial charge in [0.15, 0.2) is 0 Å². The monoisotopic (exact) mass is 384 g/mol. The molecule has 0 unspecified atom stereocenters. The zero-order valence-corrected chi connectivity index (χ0v) is 20.3. The standard InChI is InChI=1S/C17H33FOSi4/c1-20(2,3)23(21(4,5)6,22(7,8)9)19-17(15-18)16-13-11-10-12-14-16/h10-15H,1-9H3/b17-15-. The van der Waals surface area contributed by atoms with Gasteiger partial charge in [-0.05, 0) is 0 Å². The molecule has 0 saturated heterocycles. The summed E-state index contributed by atoms with van der Waals surface area (Å²) < 4.78 is 20.7. The molecular formula is C17H33FOSi4.